The number of carbonyl (C=O) groups excluding carboxylic acids is 2. The van der Waals surface area contributed by atoms with Crippen molar-refractivity contribution in [1.82, 2.24) is 5.32 Å². The maximum absolute atomic E-state index is 15.7. The molecule has 3 aromatic rings. The van der Waals surface area contributed by atoms with Gasteiger partial charge < -0.3 is 29.0 Å². The van der Waals surface area contributed by atoms with Gasteiger partial charge in [-0.25, -0.2) is 9.18 Å². The number of alkyl carbamates (subject to hydrolysis) is 1. The molecule has 0 saturated heterocycles. The molecule has 0 bridgehead atoms. The first-order valence-corrected chi connectivity index (χ1v) is 14.2. The highest BCUT2D eigenvalue weighted by Crippen LogP contribution is 2.39. The van der Waals surface area contributed by atoms with E-state index in [1.165, 1.54) is 0 Å². The number of nitrogens with one attached hydrogen (secondary N) is 1. The van der Waals surface area contributed by atoms with Gasteiger partial charge in [-0.2, -0.15) is 0 Å². The Labute approximate surface area is 257 Å². The summed E-state index contributed by atoms with van der Waals surface area (Å²) < 4.78 is 43.2. The van der Waals surface area contributed by atoms with E-state index in [4.69, 9.17) is 35.3 Å². The van der Waals surface area contributed by atoms with Crippen molar-refractivity contribution >= 4 is 23.7 Å². The van der Waals surface area contributed by atoms with Crippen LogP contribution in [0.1, 0.15) is 62.4 Å². The summed E-state index contributed by atoms with van der Waals surface area (Å²) in [7, 11) is 3.12. The smallest absolute Gasteiger partial charge is 0.408 e. The molecule has 0 saturated carbocycles. The zero-order valence-corrected chi connectivity index (χ0v) is 26.6. The lowest BCUT2D eigenvalue weighted by Crippen LogP contribution is -2.36. The van der Waals surface area contributed by atoms with Gasteiger partial charge in [-0.1, -0.05) is 17.7 Å². The third-order valence-corrected chi connectivity index (χ3v) is 6.64. The van der Waals surface area contributed by atoms with Gasteiger partial charge in [0, 0.05) is 16.1 Å². The Kier molecular flexibility index (Phi) is 11.3. The van der Waals surface area contributed by atoms with Gasteiger partial charge in [0.1, 0.15) is 23.8 Å². The predicted molar refractivity (Wildman–Crippen MR) is 164 cm³/mol. The maximum atomic E-state index is 15.7. The van der Waals surface area contributed by atoms with Gasteiger partial charge in [0.05, 0.1) is 33.3 Å². The van der Waals surface area contributed by atoms with Crippen molar-refractivity contribution in [3.63, 3.8) is 0 Å². The van der Waals surface area contributed by atoms with E-state index in [9.17, 15) is 9.59 Å². The fourth-order valence-corrected chi connectivity index (χ4v) is 4.86. The largest absolute Gasteiger partial charge is 0.493 e. The van der Waals surface area contributed by atoms with Crippen LogP contribution in [0.5, 0.6) is 17.2 Å². The molecule has 0 heterocycles. The fraction of sp³-hybridized carbons (Fsp3) is 0.394. The highest BCUT2D eigenvalue weighted by atomic mass is 35.5. The van der Waals surface area contributed by atoms with Crippen LogP contribution >= 0.6 is 11.6 Å². The number of benzene rings is 3. The van der Waals surface area contributed by atoms with E-state index in [2.05, 4.69) is 5.32 Å². The number of amides is 1. The molecule has 10 heteroatoms. The third kappa shape index (κ3) is 9.00. The van der Waals surface area contributed by atoms with Crippen molar-refractivity contribution in [2.24, 2.45) is 0 Å². The van der Waals surface area contributed by atoms with Crippen LogP contribution in [0.2, 0.25) is 5.02 Å². The van der Waals surface area contributed by atoms with E-state index in [0.29, 0.717) is 39.0 Å². The van der Waals surface area contributed by atoms with Gasteiger partial charge in [-0.05, 0) is 100 Å². The highest BCUT2D eigenvalue weighted by Gasteiger charge is 2.27. The van der Waals surface area contributed by atoms with Gasteiger partial charge >= 0.3 is 12.1 Å². The normalized spacial score (nSPS) is 11.9. The average molecular weight is 616 g/mol. The number of esters is 1. The van der Waals surface area contributed by atoms with Gasteiger partial charge in [-0.15, -0.1) is 0 Å². The minimum atomic E-state index is -1.06. The number of hydrogen-bond acceptors (Lipinski definition) is 7. The summed E-state index contributed by atoms with van der Waals surface area (Å²) in [6.45, 7) is 10.6. The summed E-state index contributed by atoms with van der Waals surface area (Å²) in [6.07, 6.45) is -1.08. The second-order valence-corrected chi connectivity index (χ2v) is 11.4. The minimum Gasteiger partial charge on any atom is -0.493 e. The molecular weight excluding hydrogens is 577 g/mol. The number of ether oxygens (including phenoxy) is 5. The lowest BCUT2D eigenvalue weighted by molar-refractivity contribution is -0.143. The molecule has 0 aliphatic carbocycles. The molecule has 3 rings (SSSR count). The molecule has 1 atom stereocenters. The second kappa shape index (κ2) is 14.5. The van der Waals surface area contributed by atoms with E-state index in [-0.39, 0.29) is 25.2 Å². The van der Waals surface area contributed by atoms with E-state index >= 15 is 4.39 Å². The van der Waals surface area contributed by atoms with Gasteiger partial charge in [0.2, 0.25) is 0 Å². The number of carbonyl (C=O) groups is 2. The van der Waals surface area contributed by atoms with Crippen molar-refractivity contribution in [2.45, 2.75) is 66.2 Å². The quantitative estimate of drug-likeness (QED) is 0.219. The number of hydrogen-bond donors (Lipinski definition) is 1. The molecule has 0 aliphatic rings. The Balaban J connectivity index is 2.07. The lowest BCUT2D eigenvalue weighted by atomic mass is 9.92. The Morgan fingerprint density at radius 1 is 0.953 bits per heavy atom. The first-order valence-electron chi connectivity index (χ1n) is 13.9. The van der Waals surface area contributed by atoms with Crippen LogP contribution in [0.15, 0.2) is 42.5 Å². The van der Waals surface area contributed by atoms with Crippen LogP contribution in [0.25, 0.3) is 11.1 Å². The monoisotopic (exact) mass is 615 g/mol. The van der Waals surface area contributed by atoms with Crippen LogP contribution in [-0.2, 0) is 20.9 Å². The molecule has 43 heavy (non-hydrogen) atoms. The SMILES string of the molecule is CCOC(=O)C[C@H](NC(=O)OC(C)(C)C)c1cc(-c2c(C)cc(Cl)cc2OCc2ccc(OC)c(OC)c2)cc(C)c1F. The van der Waals surface area contributed by atoms with Crippen LogP contribution in [0.4, 0.5) is 9.18 Å². The second-order valence-electron chi connectivity index (χ2n) is 11.0. The summed E-state index contributed by atoms with van der Waals surface area (Å²) in [5.74, 6) is 0.479. The summed E-state index contributed by atoms with van der Waals surface area (Å²) in [5.41, 5.74) is 2.53. The predicted octanol–water partition coefficient (Wildman–Crippen LogP) is 7.88. The third-order valence-electron chi connectivity index (χ3n) is 6.42. The molecule has 0 spiro atoms. The van der Waals surface area contributed by atoms with Crippen molar-refractivity contribution in [1.29, 1.82) is 0 Å². The molecule has 0 radical (unpaired) electrons. The Bertz CT molecular complexity index is 1470. The highest BCUT2D eigenvalue weighted by molar-refractivity contribution is 6.31. The summed E-state index contributed by atoms with van der Waals surface area (Å²) >= 11 is 6.42. The standard InChI is InChI=1S/C33H39ClFNO7/c1-9-41-29(37)17-25(36-32(38)43-33(4,5)6)24-15-22(12-20(3)31(24)35)30-19(2)13-23(34)16-28(30)42-18-21-10-11-26(39-7)27(14-21)40-8/h10-16,25H,9,17-18H2,1-8H3,(H,36,38)/t25-/m0/s1. The lowest BCUT2D eigenvalue weighted by Gasteiger charge is -2.25. The molecule has 1 N–H and O–H groups in total. The summed E-state index contributed by atoms with van der Waals surface area (Å²) in [5, 5.41) is 3.12. The van der Waals surface area contributed by atoms with Crippen molar-refractivity contribution in [2.75, 3.05) is 20.8 Å². The van der Waals surface area contributed by atoms with Crippen LogP contribution in [0.3, 0.4) is 0 Å². The molecular formula is C33H39ClFNO7. The summed E-state index contributed by atoms with van der Waals surface area (Å²) in [4.78, 5) is 25.2. The van der Waals surface area contributed by atoms with Crippen molar-refractivity contribution < 1.29 is 37.7 Å². The molecule has 0 unspecified atom stereocenters. The van der Waals surface area contributed by atoms with E-state index < -0.39 is 29.5 Å². The maximum Gasteiger partial charge on any atom is 0.408 e. The Morgan fingerprint density at radius 3 is 2.28 bits per heavy atom. The molecule has 3 aromatic carbocycles. The summed E-state index contributed by atoms with van der Waals surface area (Å²) in [6, 6.07) is 11.2. The average Bonchev–Trinajstić information content (AvgIpc) is 2.91. The molecule has 0 aliphatic heterocycles. The van der Waals surface area contributed by atoms with E-state index in [1.54, 1.807) is 79.2 Å². The van der Waals surface area contributed by atoms with Crippen LogP contribution in [0, 0.1) is 19.7 Å². The van der Waals surface area contributed by atoms with Gasteiger partial charge in [0.25, 0.3) is 0 Å². The van der Waals surface area contributed by atoms with Crippen LogP contribution < -0.4 is 19.5 Å². The topological polar surface area (TPSA) is 92.3 Å². The Hall–Kier alpha value is -3.98. The Morgan fingerprint density at radius 2 is 1.65 bits per heavy atom. The molecule has 0 fully saturated rings. The first kappa shape index (κ1) is 33.5. The zero-order chi connectivity index (χ0) is 31.9. The van der Waals surface area contributed by atoms with Crippen molar-refractivity contribution in [3.05, 3.63) is 75.6 Å². The first-order chi connectivity index (χ1) is 20.3. The molecule has 8 nitrogen and oxygen atoms in total. The number of aryl methyl sites for hydroxylation is 2. The van der Waals surface area contributed by atoms with Crippen LogP contribution in [-0.4, -0.2) is 38.5 Å². The fourth-order valence-electron chi connectivity index (χ4n) is 4.60. The number of rotatable bonds is 11. The molecule has 0 aromatic heterocycles. The van der Waals surface area contributed by atoms with Gasteiger partial charge in [-0.3, -0.25) is 4.79 Å². The van der Waals surface area contributed by atoms with Crippen molar-refractivity contribution in [3.8, 4) is 28.4 Å². The number of methoxy groups -OCH3 is 2. The number of halogens is 2. The minimum absolute atomic E-state index is 0.106. The molecule has 232 valence electrons. The zero-order valence-electron chi connectivity index (χ0n) is 25.9. The van der Waals surface area contributed by atoms with E-state index in [1.807, 2.05) is 19.1 Å². The molecule has 1 amide bonds. The van der Waals surface area contributed by atoms with E-state index in [0.717, 1.165) is 11.1 Å². The van der Waals surface area contributed by atoms with Gasteiger partial charge in [0.15, 0.2) is 11.5 Å².